The lowest BCUT2D eigenvalue weighted by atomic mass is 10.3. The Morgan fingerprint density at radius 3 is 2.88 bits per heavy atom. The lowest BCUT2D eigenvalue weighted by Gasteiger charge is -2.13. The third kappa shape index (κ3) is 4.20. The highest BCUT2D eigenvalue weighted by molar-refractivity contribution is 9.09. The summed E-state index contributed by atoms with van der Waals surface area (Å²) >= 11 is 3.15. The highest BCUT2D eigenvalue weighted by Crippen LogP contribution is 2.23. The number of aliphatic hydroxyl groups is 1. The van der Waals surface area contributed by atoms with E-state index in [0.29, 0.717) is 16.8 Å². The number of rotatable bonds is 5. The fourth-order valence-electron chi connectivity index (χ4n) is 1.12. The summed E-state index contributed by atoms with van der Waals surface area (Å²) in [6, 6.07) is 7.10. The summed E-state index contributed by atoms with van der Waals surface area (Å²) in [5.41, 5.74) is 0.608. The molecular weight excluding hydrogens is 274 g/mol. The quantitative estimate of drug-likeness (QED) is 0.812. The van der Waals surface area contributed by atoms with Gasteiger partial charge in [0.25, 0.3) is 0 Å². The van der Waals surface area contributed by atoms with Gasteiger partial charge in [-0.15, -0.1) is 0 Å². The van der Waals surface area contributed by atoms with Crippen molar-refractivity contribution in [3.8, 4) is 5.75 Å². The molecule has 1 aromatic rings. The van der Waals surface area contributed by atoms with Crippen molar-refractivity contribution in [2.75, 3.05) is 17.3 Å². The Labute approximate surface area is 103 Å². The van der Waals surface area contributed by atoms with Crippen LogP contribution in [-0.4, -0.2) is 29.1 Å². The smallest absolute Gasteiger partial charge is 0.221 e. The van der Waals surface area contributed by atoms with Crippen LogP contribution in [0, 0.1) is 0 Å². The molecule has 0 aliphatic rings. The molecule has 0 aliphatic heterocycles. The summed E-state index contributed by atoms with van der Waals surface area (Å²) in [5, 5.41) is 12.4. The second kappa shape index (κ2) is 6.50. The van der Waals surface area contributed by atoms with Crippen LogP contribution in [0.15, 0.2) is 24.3 Å². The summed E-state index contributed by atoms with van der Waals surface area (Å²) < 4.78 is 5.40. The van der Waals surface area contributed by atoms with E-state index in [-0.39, 0.29) is 12.5 Å². The Morgan fingerprint density at radius 2 is 2.25 bits per heavy atom. The predicted octanol–water partition coefficient (Wildman–Crippen LogP) is 1.78. The summed E-state index contributed by atoms with van der Waals surface area (Å²) in [7, 11) is 0. The first kappa shape index (κ1) is 13.0. The van der Waals surface area contributed by atoms with Crippen LogP contribution < -0.4 is 10.1 Å². The minimum atomic E-state index is -0.564. The van der Waals surface area contributed by atoms with Gasteiger partial charge < -0.3 is 15.2 Å². The molecule has 0 spiro atoms. The van der Waals surface area contributed by atoms with E-state index in [4.69, 9.17) is 4.74 Å². The molecule has 1 amide bonds. The Bertz CT molecular complexity index is 357. The van der Waals surface area contributed by atoms with Crippen molar-refractivity contribution in [1.29, 1.82) is 0 Å². The lowest BCUT2D eigenvalue weighted by molar-refractivity contribution is -0.114. The summed E-state index contributed by atoms with van der Waals surface area (Å²) in [4.78, 5) is 10.9. The zero-order valence-corrected chi connectivity index (χ0v) is 10.5. The molecule has 0 aliphatic carbocycles. The highest BCUT2D eigenvalue weighted by Gasteiger charge is 2.07. The van der Waals surface area contributed by atoms with E-state index in [1.165, 1.54) is 6.92 Å². The predicted molar refractivity (Wildman–Crippen MR) is 66.0 cm³/mol. The Morgan fingerprint density at radius 1 is 1.56 bits per heavy atom. The molecule has 1 aromatic carbocycles. The molecule has 1 unspecified atom stereocenters. The molecule has 1 rings (SSSR count). The minimum Gasteiger partial charge on any atom is -0.489 e. The van der Waals surface area contributed by atoms with Gasteiger partial charge in [-0.05, 0) is 12.1 Å². The number of anilines is 1. The zero-order chi connectivity index (χ0) is 12.0. The van der Waals surface area contributed by atoms with E-state index >= 15 is 0 Å². The molecular formula is C11H14BrNO3. The number of carbonyl (C=O) groups is 1. The molecule has 5 heteroatoms. The molecule has 2 N–H and O–H groups in total. The van der Waals surface area contributed by atoms with Gasteiger partial charge in [0.05, 0.1) is 11.8 Å². The third-order valence-electron chi connectivity index (χ3n) is 1.81. The van der Waals surface area contributed by atoms with Crippen LogP contribution >= 0.6 is 15.9 Å². The molecule has 1 atom stereocenters. The molecule has 16 heavy (non-hydrogen) atoms. The van der Waals surface area contributed by atoms with Crippen molar-refractivity contribution in [3.05, 3.63) is 24.3 Å². The third-order valence-corrected chi connectivity index (χ3v) is 2.55. The average molecular weight is 288 g/mol. The molecule has 0 heterocycles. The van der Waals surface area contributed by atoms with Crippen molar-refractivity contribution >= 4 is 27.5 Å². The van der Waals surface area contributed by atoms with Crippen LogP contribution in [0.3, 0.4) is 0 Å². The maximum absolute atomic E-state index is 10.9. The normalized spacial score (nSPS) is 11.9. The van der Waals surface area contributed by atoms with Gasteiger partial charge in [-0.25, -0.2) is 0 Å². The average Bonchev–Trinajstić information content (AvgIpc) is 2.26. The summed E-state index contributed by atoms with van der Waals surface area (Å²) in [5.74, 6) is 0.398. The molecule has 0 bridgehead atoms. The number of hydrogen-bond acceptors (Lipinski definition) is 3. The molecule has 88 valence electrons. The zero-order valence-electron chi connectivity index (χ0n) is 8.94. The number of halogens is 1. The monoisotopic (exact) mass is 287 g/mol. The van der Waals surface area contributed by atoms with Gasteiger partial charge in [0.15, 0.2) is 0 Å². The maximum atomic E-state index is 10.9. The van der Waals surface area contributed by atoms with E-state index < -0.39 is 6.10 Å². The van der Waals surface area contributed by atoms with E-state index in [2.05, 4.69) is 21.2 Å². The summed E-state index contributed by atoms with van der Waals surface area (Å²) in [6.45, 7) is 1.62. The lowest BCUT2D eigenvalue weighted by Crippen LogP contribution is -2.19. The minimum absolute atomic E-state index is 0.155. The van der Waals surface area contributed by atoms with E-state index in [1.54, 1.807) is 24.3 Å². The van der Waals surface area contributed by atoms with Crippen molar-refractivity contribution in [2.45, 2.75) is 13.0 Å². The van der Waals surface area contributed by atoms with Crippen LogP contribution in [-0.2, 0) is 4.79 Å². The van der Waals surface area contributed by atoms with Gasteiger partial charge in [0, 0.05) is 12.3 Å². The number of benzene rings is 1. The van der Waals surface area contributed by atoms with Crippen molar-refractivity contribution in [2.24, 2.45) is 0 Å². The number of amides is 1. The first-order chi connectivity index (χ1) is 7.63. The fraction of sp³-hybridized carbons (Fsp3) is 0.364. The van der Waals surface area contributed by atoms with Crippen LogP contribution in [0.2, 0.25) is 0 Å². The molecule has 4 nitrogen and oxygen atoms in total. The fourth-order valence-corrected chi connectivity index (χ4v) is 1.30. The number of aliphatic hydroxyl groups excluding tert-OH is 1. The van der Waals surface area contributed by atoms with Gasteiger partial charge in [-0.2, -0.15) is 0 Å². The summed E-state index contributed by atoms with van der Waals surface area (Å²) in [6.07, 6.45) is -0.564. The second-order valence-electron chi connectivity index (χ2n) is 3.30. The number of hydrogen-bond donors (Lipinski definition) is 2. The van der Waals surface area contributed by atoms with Gasteiger partial charge in [0.2, 0.25) is 5.91 Å². The van der Waals surface area contributed by atoms with Gasteiger partial charge in [-0.3, -0.25) is 4.79 Å². The van der Waals surface area contributed by atoms with E-state index in [0.717, 1.165) is 0 Å². The highest BCUT2D eigenvalue weighted by atomic mass is 79.9. The van der Waals surface area contributed by atoms with Crippen molar-refractivity contribution in [3.63, 3.8) is 0 Å². The number of nitrogens with one attached hydrogen (secondary N) is 1. The van der Waals surface area contributed by atoms with Crippen molar-refractivity contribution < 1.29 is 14.6 Å². The number of ether oxygens (including phenoxy) is 1. The largest absolute Gasteiger partial charge is 0.489 e. The van der Waals surface area contributed by atoms with Gasteiger partial charge in [-0.1, -0.05) is 28.1 Å². The standard InChI is InChI=1S/C11H14BrNO3/c1-8(14)13-10-4-2-3-5-11(10)16-7-9(15)6-12/h2-5,9,15H,6-7H2,1H3,(H,13,14). The number of alkyl halides is 1. The second-order valence-corrected chi connectivity index (χ2v) is 3.94. The first-order valence-corrected chi connectivity index (χ1v) is 5.99. The Kier molecular flexibility index (Phi) is 5.28. The number of carbonyl (C=O) groups excluding carboxylic acids is 1. The Hall–Kier alpha value is -1.07. The van der Waals surface area contributed by atoms with Gasteiger partial charge in [0.1, 0.15) is 12.4 Å². The van der Waals surface area contributed by atoms with E-state index in [1.807, 2.05) is 0 Å². The first-order valence-electron chi connectivity index (χ1n) is 4.87. The topological polar surface area (TPSA) is 58.6 Å². The molecule has 0 aromatic heterocycles. The van der Waals surface area contributed by atoms with Crippen LogP contribution in [0.1, 0.15) is 6.92 Å². The molecule has 0 saturated carbocycles. The number of para-hydroxylation sites is 2. The van der Waals surface area contributed by atoms with Crippen LogP contribution in [0.5, 0.6) is 5.75 Å². The van der Waals surface area contributed by atoms with E-state index in [9.17, 15) is 9.90 Å². The molecule has 0 saturated heterocycles. The maximum Gasteiger partial charge on any atom is 0.221 e. The molecule has 0 fully saturated rings. The Balaban J connectivity index is 2.67. The van der Waals surface area contributed by atoms with Crippen molar-refractivity contribution in [1.82, 2.24) is 0 Å². The SMILES string of the molecule is CC(=O)Nc1ccccc1OCC(O)CBr. The molecule has 0 radical (unpaired) electrons. The van der Waals surface area contributed by atoms with Crippen LogP contribution in [0.4, 0.5) is 5.69 Å². The van der Waals surface area contributed by atoms with Gasteiger partial charge >= 0.3 is 0 Å². The van der Waals surface area contributed by atoms with Crippen LogP contribution in [0.25, 0.3) is 0 Å².